The molecule has 0 aliphatic carbocycles. The standard InChI is InChI=1S/C17H14O2/c1-14-7-9-16(10-8-14)13-19-17(18)12-11-15-5-3-2-4-6-15/h2-10H,13H2,1H3. The predicted molar refractivity (Wildman–Crippen MR) is 74.3 cm³/mol. The fourth-order valence-electron chi connectivity index (χ4n) is 1.51. The molecule has 0 unspecified atom stereocenters. The molecule has 0 fully saturated rings. The van der Waals surface area contributed by atoms with Gasteiger partial charge in [0, 0.05) is 11.5 Å². The summed E-state index contributed by atoms with van der Waals surface area (Å²) in [4.78, 5) is 11.5. The fraction of sp³-hybridized carbons (Fsp3) is 0.118. The van der Waals surface area contributed by atoms with Crippen molar-refractivity contribution in [1.29, 1.82) is 0 Å². The maximum absolute atomic E-state index is 11.5. The van der Waals surface area contributed by atoms with E-state index in [-0.39, 0.29) is 6.61 Å². The molecule has 0 bridgehead atoms. The summed E-state index contributed by atoms with van der Waals surface area (Å²) < 4.78 is 5.08. The Hall–Kier alpha value is -2.53. The smallest absolute Gasteiger partial charge is 0.385 e. The van der Waals surface area contributed by atoms with Crippen LogP contribution >= 0.6 is 0 Å². The second kappa shape index (κ2) is 6.42. The Bertz CT molecular complexity index is 601. The van der Waals surface area contributed by atoms with E-state index in [0.717, 1.165) is 11.1 Å². The van der Waals surface area contributed by atoms with Crippen molar-refractivity contribution in [2.45, 2.75) is 13.5 Å². The Morgan fingerprint density at radius 3 is 2.42 bits per heavy atom. The molecule has 0 saturated carbocycles. The molecule has 0 aliphatic heterocycles. The minimum atomic E-state index is -0.510. The van der Waals surface area contributed by atoms with Gasteiger partial charge in [0.2, 0.25) is 0 Å². The lowest BCUT2D eigenvalue weighted by Crippen LogP contribution is -2.01. The van der Waals surface area contributed by atoms with Crippen LogP contribution in [-0.4, -0.2) is 5.97 Å². The number of carbonyl (C=O) groups is 1. The first-order valence-electron chi connectivity index (χ1n) is 6.03. The van der Waals surface area contributed by atoms with Gasteiger partial charge in [-0.05, 0) is 24.6 Å². The molecule has 2 nitrogen and oxygen atoms in total. The molecule has 2 aromatic rings. The summed E-state index contributed by atoms with van der Waals surface area (Å²) in [5.74, 6) is 4.72. The van der Waals surface area contributed by atoms with Crippen LogP contribution < -0.4 is 0 Å². The zero-order valence-corrected chi connectivity index (χ0v) is 10.7. The number of carbonyl (C=O) groups excluding carboxylic acids is 1. The Morgan fingerprint density at radius 1 is 1.05 bits per heavy atom. The van der Waals surface area contributed by atoms with Crippen LogP contribution in [-0.2, 0) is 16.1 Å². The van der Waals surface area contributed by atoms with Gasteiger partial charge in [0.05, 0.1) is 0 Å². The minimum absolute atomic E-state index is 0.253. The number of rotatable bonds is 2. The van der Waals surface area contributed by atoms with Crippen molar-refractivity contribution in [2.75, 3.05) is 0 Å². The Morgan fingerprint density at radius 2 is 1.74 bits per heavy atom. The highest BCUT2D eigenvalue weighted by atomic mass is 16.5. The number of hydrogen-bond acceptors (Lipinski definition) is 2. The summed E-state index contributed by atoms with van der Waals surface area (Å²) in [6.07, 6.45) is 0. The second-order valence-electron chi connectivity index (χ2n) is 4.18. The summed E-state index contributed by atoms with van der Waals surface area (Å²) in [7, 11) is 0. The highest BCUT2D eigenvalue weighted by Crippen LogP contribution is 2.04. The van der Waals surface area contributed by atoms with Gasteiger partial charge in [-0.25, -0.2) is 4.79 Å². The van der Waals surface area contributed by atoms with Crippen LogP contribution in [0.1, 0.15) is 16.7 Å². The first kappa shape index (κ1) is 12.9. The maximum Gasteiger partial charge on any atom is 0.385 e. The highest BCUT2D eigenvalue weighted by Gasteiger charge is 1.98. The fourth-order valence-corrected chi connectivity index (χ4v) is 1.51. The average molecular weight is 250 g/mol. The molecule has 0 amide bonds. The third-order valence-electron chi connectivity index (χ3n) is 2.57. The molecule has 0 N–H and O–H groups in total. The van der Waals surface area contributed by atoms with E-state index in [1.165, 1.54) is 5.56 Å². The van der Waals surface area contributed by atoms with Crippen LogP contribution in [0.25, 0.3) is 0 Å². The lowest BCUT2D eigenvalue weighted by Gasteiger charge is -2.01. The van der Waals surface area contributed by atoms with Crippen molar-refractivity contribution in [3.63, 3.8) is 0 Å². The molecule has 94 valence electrons. The van der Waals surface area contributed by atoms with Gasteiger partial charge >= 0.3 is 5.97 Å². The van der Waals surface area contributed by atoms with Crippen LogP contribution in [0.15, 0.2) is 54.6 Å². The largest absolute Gasteiger partial charge is 0.451 e. The molecule has 0 atom stereocenters. The van der Waals surface area contributed by atoms with E-state index >= 15 is 0 Å². The molecular weight excluding hydrogens is 236 g/mol. The summed E-state index contributed by atoms with van der Waals surface area (Å²) in [6, 6.07) is 17.2. The first-order chi connectivity index (χ1) is 9.24. The lowest BCUT2D eigenvalue weighted by atomic mass is 10.2. The quantitative estimate of drug-likeness (QED) is 0.604. The first-order valence-corrected chi connectivity index (χ1v) is 6.03. The molecule has 0 heterocycles. The van der Waals surface area contributed by atoms with Gasteiger partial charge in [0.1, 0.15) is 6.61 Å². The topological polar surface area (TPSA) is 26.3 Å². The normalized spacial score (nSPS) is 9.32. The number of benzene rings is 2. The summed E-state index contributed by atoms with van der Waals surface area (Å²) in [6.45, 7) is 2.27. The summed E-state index contributed by atoms with van der Waals surface area (Å²) in [5.41, 5.74) is 2.94. The van der Waals surface area contributed by atoms with Crippen LogP contribution in [0.5, 0.6) is 0 Å². The van der Waals surface area contributed by atoms with Crippen molar-refractivity contribution >= 4 is 5.97 Å². The number of esters is 1. The van der Waals surface area contributed by atoms with Crippen LogP contribution in [0.3, 0.4) is 0 Å². The van der Waals surface area contributed by atoms with E-state index in [4.69, 9.17) is 4.74 Å². The third-order valence-corrected chi connectivity index (χ3v) is 2.57. The van der Waals surface area contributed by atoms with E-state index < -0.39 is 5.97 Å². The van der Waals surface area contributed by atoms with Gasteiger partial charge < -0.3 is 4.74 Å². The zero-order chi connectivity index (χ0) is 13.5. The highest BCUT2D eigenvalue weighted by molar-refractivity contribution is 5.89. The van der Waals surface area contributed by atoms with Gasteiger partial charge in [-0.3, -0.25) is 0 Å². The molecule has 2 rings (SSSR count). The third kappa shape index (κ3) is 4.33. The molecule has 0 spiro atoms. The average Bonchev–Trinajstić information content (AvgIpc) is 2.45. The van der Waals surface area contributed by atoms with Gasteiger partial charge in [0.25, 0.3) is 0 Å². The number of aryl methyl sites for hydroxylation is 1. The predicted octanol–water partition coefficient (Wildman–Crippen LogP) is 3.09. The Labute approximate surface area is 113 Å². The SMILES string of the molecule is Cc1ccc(COC(=O)C#Cc2ccccc2)cc1. The molecule has 2 heteroatoms. The van der Waals surface area contributed by atoms with Crippen LogP contribution in [0.2, 0.25) is 0 Å². The number of ether oxygens (including phenoxy) is 1. The summed E-state index contributed by atoms with van der Waals surface area (Å²) >= 11 is 0. The molecule has 2 aromatic carbocycles. The van der Waals surface area contributed by atoms with Crippen molar-refractivity contribution in [2.24, 2.45) is 0 Å². The van der Waals surface area contributed by atoms with Crippen LogP contribution in [0.4, 0.5) is 0 Å². The van der Waals surface area contributed by atoms with Crippen molar-refractivity contribution < 1.29 is 9.53 Å². The maximum atomic E-state index is 11.5. The summed E-state index contributed by atoms with van der Waals surface area (Å²) in [5, 5.41) is 0. The molecular formula is C17H14O2. The van der Waals surface area contributed by atoms with Gasteiger partial charge in [-0.1, -0.05) is 53.9 Å². The van der Waals surface area contributed by atoms with E-state index in [9.17, 15) is 4.79 Å². The van der Waals surface area contributed by atoms with E-state index in [1.807, 2.05) is 61.5 Å². The van der Waals surface area contributed by atoms with Crippen molar-refractivity contribution in [3.05, 3.63) is 71.3 Å². The van der Waals surface area contributed by atoms with Crippen molar-refractivity contribution in [3.8, 4) is 11.8 Å². The molecule has 0 aromatic heterocycles. The van der Waals surface area contributed by atoms with E-state index in [1.54, 1.807) is 0 Å². The lowest BCUT2D eigenvalue weighted by molar-refractivity contribution is -0.137. The number of hydrogen-bond donors (Lipinski definition) is 0. The van der Waals surface area contributed by atoms with Gasteiger partial charge in [0.15, 0.2) is 0 Å². The molecule has 0 radical (unpaired) electrons. The monoisotopic (exact) mass is 250 g/mol. The van der Waals surface area contributed by atoms with Crippen molar-refractivity contribution in [1.82, 2.24) is 0 Å². The second-order valence-corrected chi connectivity index (χ2v) is 4.18. The molecule has 0 saturated heterocycles. The van der Waals surface area contributed by atoms with Gasteiger partial charge in [-0.15, -0.1) is 0 Å². The molecule has 0 aliphatic rings. The molecule has 19 heavy (non-hydrogen) atoms. The van der Waals surface area contributed by atoms with E-state index in [2.05, 4.69) is 11.8 Å². The van der Waals surface area contributed by atoms with Crippen LogP contribution in [0, 0.1) is 18.8 Å². The minimum Gasteiger partial charge on any atom is -0.451 e. The Balaban J connectivity index is 1.89. The van der Waals surface area contributed by atoms with E-state index in [0.29, 0.717) is 0 Å². The Kier molecular flexibility index (Phi) is 4.36. The van der Waals surface area contributed by atoms with Gasteiger partial charge in [-0.2, -0.15) is 0 Å². The zero-order valence-electron chi connectivity index (χ0n) is 10.7.